The van der Waals surface area contributed by atoms with Crippen LogP contribution in [0.4, 0.5) is 0 Å². The molecule has 1 atom stereocenters. The van der Waals surface area contributed by atoms with Crippen LogP contribution in [-0.4, -0.2) is 27.2 Å². The van der Waals surface area contributed by atoms with E-state index >= 15 is 0 Å². The summed E-state index contributed by atoms with van der Waals surface area (Å²) in [5.74, 6) is -1.44. The zero-order valence-electron chi connectivity index (χ0n) is 8.71. The lowest BCUT2D eigenvalue weighted by molar-refractivity contribution is -0.117. The van der Waals surface area contributed by atoms with Gasteiger partial charge in [0.25, 0.3) is 0 Å². The van der Waals surface area contributed by atoms with Crippen LogP contribution in [0.15, 0.2) is 23.4 Å². The number of aromatic carboxylic acids is 1. The summed E-state index contributed by atoms with van der Waals surface area (Å²) in [7, 11) is 0. The van der Waals surface area contributed by atoms with E-state index in [4.69, 9.17) is 10.8 Å². The van der Waals surface area contributed by atoms with Crippen molar-refractivity contribution in [2.45, 2.75) is 23.6 Å². The molecule has 1 unspecified atom stereocenters. The Morgan fingerprint density at radius 3 is 2.81 bits per heavy atom. The number of carboxylic acid groups (broad SMARTS) is 1. The third kappa shape index (κ3) is 3.23. The van der Waals surface area contributed by atoms with Gasteiger partial charge in [0.1, 0.15) is 0 Å². The van der Waals surface area contributed by atoms with Crippen molar-refractivity contribution in [3.8, 4) is 0 Å². The van der Waals surface area contributed by atoms with E-state index in [1.807, 2.05) is 6.92 Å². The molecule has 1 amide bonds. The molecule has 0 saturated carbocycles. The van der Waals surface area contributed by atoms with Crippen LogP contribution in [0.3, 0.4) is 0 Å². The third-order valence-electron chi connectivity index (χ3n) is 1.93. The summed E-state index contributed by atoms with van der Waals surface area (Å²) in [6, 6.07) is 2.83. The molecule has 0 spiro atoms. The van der Waals surface area contributed by atoms with Crippen LogP contribution in [0.2, 0.25) is 0 Å². The lowest BCUT2D eigenvalue weighted by atomic mass is 10.3. The van der Waals surface area contributed by atoms with Gasteiger partial charge >= 0.3 is 5.97 Å². The summed E-state index contributed by atoms with van der Waals surface area (Å²) >= 11 is 1.18. The fourth-order valence-corrected chi connectivity index (χ4v) is 1.99. The van der Waals surface area contributed by atoms with Crippen molar-refractivity contribution in [3.05, 3.63) is 23.9 Å². The van der Waals surface area contributed by atoms with Gasteiger partial charge in [-0.1, -0.05) is 18.7 Å². The molecule has 1 aromatic rings. The first-order valence-corrected chi connectivity index (χ1v) is 5.58. The highest BCUT2D eigenvalue weighted by molar-refractivity contribution is 8.00. The first kappa shape index (κ1) is 12.5. The smallest absolute Gasteiger partial charge is 0.335 e. The first-order valence-electron chi connectivity index (χ1n) is 4.70. The molecular weight excluding hydrogens is 228 g/mol. The third-order valence-corrected chi connectivity index (χ3v) is 3.25. The van der Waals surface area contributed by atoms with E-state index < -0.39 is 11.9 Å². The number of carbonyl (C=O) groups excluding carboxylic acids is 1. The molecule has 6 heteroatoms. The van der Waals surface area contributed by atoms with E-state index in [-0.39, 0.29) is 10.8 Å². The van der Waals surface area contributed by atoms with Crippen molar-refractivity contribution in [1.29, 1.82) is 0 Å². The topological polar surface area (TPSA) is 93.3 Å². The van der Waals surface area contributed by atoms with Crippen molar-refractivity contribution in [1.82, 2.24) is 4.98 Å². The van der Waals surface area contributed by atoms with Gasteiger partial charge in [0, 0.05) is 6.20 Å². The Bertz CT molecular complexity index is 409. The van der Waals surface area contributed by atoms with Gasteiger partial charge in [-0.3, -0.25) is 4.79 Å². The van der Waals surface area contributed by atoms with Crippen LogP contribution in [-0.2, 0) is 4.79 Å². The average molecular weight is 240 g/mol. The van der Waals surface area contributed by atoms with Crippen molar-refractivity contribution < 1.29 is 14.7 Å². The molecule has 0 aliphatic carbocycles. The number of hydrogen-bond donors (Lipinski definition) is 2. The number of carboxylic acids is 1. The molecule has 1 heterocycles. The standard InChI is InChI=1S/C10H12N2O3S/c1-2-7(9(11)13)16-8-5-6(10(14)15)3-4-12-8/h3-5,7H,2H2,1H3,(H2,11,13)(H,14,15). The van der Waals surface area contributed by atoms with Gasteiger partial charge in [-0.15, -0.1) is 0 Å². The van der Waals surface area contributed by atoms with Gasteiger partial charge in [-0.25, -0.2) is 9.78 Å². The Hall–Kier alpha value is -1.56. The summed E-state index contributed by atoms with van der Waals surface area (Å²) in [5, 5.41) is 8.89. The minimum atomic E-state index is -1.02. The summed E-state index contributed by atoms with van der Waals surface area (Å²) in [6.45, 7) is 1.84. The number of hydrogen-bond acceptors (Lipinski definition) is 4. The summed E-state index contributed by atoms with van der Waals surface area (Å²) in [5.41, 5.74) is 5.34. The second kappa shape index (κ2) is 5.50. The quantitative estimate of drug-likeness (QED) is 0.753. The Kier molecular flexibility index (Phi) is 4.30. The van der Waals surface area contributed by atoms with Crippen molar-refractivity contribution >= 4 is 23.6 Å². The van der Waals surface area contributed by atoms with Crippen molar-refractivity contribution in [3.63, 3.8) is 0 Å². The Balaban J connectivity index is 2.84. The summed E-state index contributed by atoms with van der Waals surface area (Å²) < 4.78 is 0. The normalized spacial score (nSPS) is 12.1. The largest absolute Gasteiger partial charge is 0.478 e. The van der Waals surface area contributed by atoms with Crippen LogP contribution in [0.1, 0.15) is 23.7 Å². The summed E-state index contributed by atoms with van der Waals surface area (Å²) in [6.07, 6.45) is 1.98. The molecule has 0 fully saturated rings. The first-order chi connectivity index (χ1) is 7.54. The van der Waals surface area contributed by atoms with Crippen LogP contribution in [0.5, 0.6) is 0 Å². The van der Waals surface area contributed by atoms with E-state index in [9.17, 15) is 9.59 Å². The van der Waals surface area contributed by atoms with Crippen molar-refractivity contribution in [2.24, 2.45) is 5.73 Å². The van der Waals surface area contributed by atoms with E-state index in [0.717, 1.165) is 0 Å². The monoisotopic (exact) mass is 240 g/mol. The maximum Gasteiger partial charge on any atom is 0.335 e. The second-order valence-corrected chi connectivity index (χ2v) is 4.33. The number of nitrogens with two attached hydrogens (primary N) is 1. The zero-order chi connectivity index (χ0) is 12.1. The molecular formula is C10H12N2O3S. The Morgan fingerprint density at radius 2 is 2.31 bits per heavy atom. The van der Waals surface area contributed by atoms with Gasteiger partial charge < -0.3 is 10.8 Å². The minimum Gasteiger partial charge on any atom is -0.478 e. The molecule has 0 aromatic carbocycles. The van der Waals surface area contributed by atoms with E-state index in [1.165, 1.54) is 30.1 Å². The molecule has 1 rings (SSSR count). The molecule has 0 aliphatic rings. The SMILES string of the molecule is CCC(Sc1cc(C(=O)O)ccn1)C(N)=O. The van der Waals surface area contributed by atoms with Gasteiger partial charge in [0.15, 0.2) is 0 Å². The fraction of sp³-hybridized carbons (Fsp3) is 0.300. The molecule has 0 saturated heterocycles. The number of aromatic nitrogens is 1. The highest BCUT2D eigenvalue weighted by Gasteiger charge is 2.15. The van der Waals surface area contributed by atoms with Crippen molar-refractivity contribution in [2.75, 3.05) is 0 Å². The molecule has 86 valence electrons. The van der Waals surface area contributed by atoms with Gasteiger partial charge in [0.05, 0.1) is 15.8 Å². The number of rotatable bonds is 5. The molecule has 1 aromatic heterocycles. The fourth-order valence-electron chi connectivity index (χ4n) is 1.10. The maximum absolute atomic E-state index is 11.0. The number of carbonyl (C=O) groups is 2. The number of amides is 1. The van der Waals surface area contributed by atoms with Gasteiger partial charge in [-0.2, -0.15) is 0 Å². The van der Waals surface area contributed by atoms with Crippen LogP contribution in [0, 0.1) is 0 Å². The maximum atomic E-state index is 11.0. The second-order valence-electron chi connectivity index (χ2n) is 3.11. The number of pyridine rings is 1. The summed E-state index contributed by atoms with van der Waals surface area (Å²) in [4.78, 5) is 25.7. The highest BCUT2D eigenvalue weighted by Crippen LogP contribution is 2.23. The van der Waals surface area contributed by atoms with Gasteiger partial charge in [0.2, 0.25) is 5.91 Å². The van der Waals surface area contributed by atoms with Crippen LogP contribution < -0.4 is 5.73 Å². The number of primary amides is 1. The molecule has 0 aliphatic heterocycles. The minimum absolute atomic E-state index is 0.150. The van der Waals surface area contributed by atoms with Gasteiger partial charge in [-0.05, 0) is 18.6 Å². The number of thioether (sulfide) groups is 1. The lowest BCUT2D eigenvalue weighted by Gasteiger charge is -2.09. The molecule has 16 heavy (non-hydrogen) atoms. The Morgan fingerprint density at radius 1 is 1.62 bits per heavy atom. The van der Waals surface area contributed by atoms with Crippen LogP contribution >= 0.6 is 11.8 Å². The molecule has 0 bridgehead atoms. The highest BCUT2D eigenvalue weighted by atomic mass is 32.2. The van der Waals surface area contributed by atoms with Crippen LogP contribution in [0.25, 0.3) is 0 Å². The van der Waals surface area contributed by atoms with E-state index in [2.05, 4.69) is 4.98 Å². The predicted octanol–water partition coefficient (Wildman–Crippen LogP) is 1.14. The van der Waals surface area contributed by atoms with E-state index in [1.54, 1.807) is 0 Å². The number of nitrogens with zero attached hydrogens (tertiary/aromatic N) is 1. The lowest BCUT2D eigenvalue weighted by Crippen LogP contribution is -2.24. The molecule has 0 radical (unpaired) electrons. The zero-order valence-corrected chi connectivity index (χ0v) is 9.53. The van der Waals surface area contributed by atoms with E-state index in [0.29, 0.717) is 11.4 Å². The Labute approximate surface area is 97.1 Å². The molecule has 5 nitrogen and oxygen atoms in total. The molecule has 3 N–H and O–H groups in total. The average Bonchev–Trinajstić information content (AvgIpc) is 2.25. The predicted molar refractivity (Wildman–Crippen MR) is 60.3 cm³/mol.